The first kappa shape index (κ1) is 13.9. The number of piperidine rings is 1. The minimum atomic E-state index is -4.21. The lowest BCUT2D eigenvalue weighted by Crippen LogP contribution is -2.44. The van der Waals surface area contributed by atoms with Crippen LogP contribution in [0.5, 0.6) is 0 Å². The third-order valence-electron chi connectivity index (χ3n) is 2.95. The number of carbonyl (C=O) groups is 1. The zero-order valence-corrected chi connectivity index (χ0v) is 11.7. The highest BCUT2D eigenvalue weighted by Gasteiger charge is 2.42. The lowest BCUT2D eigenvalue weighted by atomic mass is 9.97. The number of carbonyl (C=O) groups excluding carboxylic acids is 1. The number of nitrogens with zero attached hydrogens (tertiary/aromatic N) is 1. The van der Waals surface area contributed by atoms with Crippen LogP contribution < -0.4 is 0 Å². The summed E-state index contributed by atoms with van der Waals surface area (Å²) in [5.41, 5.74) is 0. The van der Waals surface area contributed by atoms with E-state index >= 15 is 0 Å². The van der Waals surface area contributed by atoms with Crippen LogP contribution in [0.25, 0.3) is 0 Å². The van der Waals surface area contributed by atoms with E-state index in [2.05, 4.69) is 15.9 Å². The van der Waals surface area contributed by atoms with E-state index in [9.17, 15) is 18.0 Å². The standard InChI is InChI=1S/C11H11BrF3NOS/c12-8-4-9(18-6-8)10(17)16-3-1-2-7(5-16)11(13,14)15/h4,6-7H,1-3,5H2. The average Bonchev–Trinajstić information content (AvgIpc) is 2.74. The van der Waals surface area contributed by atoms with Crippen LogP contribution in [-0.4, -0.2) is 30.1 Å². The van der Waals surface area contributed by atoms with Crippen LogP contribution in [0.15, 0.2) is 15.9 Å². The molecule has 1 amide bonds. The smallest absolute Gasteiger partial charge is 0.337 e. The van der Waals surface area contributed by atoms with Crippen molar-refractivity contribution >= 4 is 33.2 Å². The summed E-state index contributed by atoms with van der Waals surface area (Å²) in [4.78, 5) is 13.8. The van der Waals surface area contributed by atoms with Gasteiger partial charge in [0.1, 0.15) is 0 Å². The normalized spacial score (nSPS) is 21.1. The molecule has 1 aromatic heterocycles. The molecule has 18 heavy (non-hydrogen) atoms. The van der Waals surface area contributed by atoms with Crippen molar-refractivity contribution in [2.45, 2.75) is 19.0 Å². The van der Waals surface area contributed by atoms with Crippen LogP contribution in [0, 0.1) is 5.92 Å². The second kappa shape index (κ2) is 5.21. The Bertz CT molecular complexity index is 446. The van der Waals surface area contributed by atoms with Crippen LogP contribution in [0.1, 0.15) is 22.5 Å². The van der Waals surface area contributed by atoms with Crippen molar-refractivity contribution in [3.63, 3.8) is 0 Å². The molecule has 1 aliphatic rings. The maximum absolute atomic E-state index is 12.6. The van der Waals surface area contributed by atoms with Gasteiger partial charge in [0, 0.05) is 22.9 Å². The van der Waals surface area contributed by atoms with E-state index in [1.807, 2.05) is 0 Å². The monoisotopic (exact) mass is 341 g/mol. The minimum absolute atomic E-state index is 0.113. The maximum Gasteiger partial charge on any atom is 0.393 e. The number of halogens is 4. The molecule has 0 N–H and O–H groups in total. The summed E-state index contributed by atoms with van der Waals surface area (Å²) in [5, 5.41) is 1.75. The quantitative estimate of drug-likeness (QED) is 0.757. The molecule has 2 nitrogen and oxygen atoms in total. The van der Waals surface area contributed by atoms with Crippen LogP contribution in [0.2, 0.25) is 0 Å². The summed E-state index contributed by atoms with van der Waals surface area (Å²) in [7, 11) is 0. The number of hydrogen-bond donors (Lipinski definition) is 0. The molecular weight excluding hydrogens is 331 g/mol. The maximum atomic E-state index is 12.6. The van der Waals surface area contributed by atoms with Gasteiger partial charge in [-0.25, -0.2) is 0 Å². The molecule has 1 saturated heterocycles. The largest absolute Gasteiger partial charge is 0.393 e. The van der Waals surface area contributed by atoms with E-state index in [1.54, 1.807) is 11.4 Å². The van der Waals surface area contributed by atoms with Crippen molar-refractivity contribution < 1.29 is 18.0 Å². The van der Waals surface area contributed by atoms with Gasteiger partial charge in [0.25, 0.3) is 5.91 Å². The minimum Gasteiger partial charge on any atom is -0.337 e. The third kappa shape index (κ3) is 3.06. The fraction of sp³-hybridized carbons (Fsp3) is 0.545. The lowest BCUT2D eigenvalue weighted by Gasteiger charge is -2.33. The Kier molecular flexibility index (Phi) is 4.01. The molecule has 2 heterocycles. The van der Waals surface area contributed by atoms with Gasteiger partial charge in [0.15, 0.2) is 0 Å². The summed E-state index contributed by atoms with van der Waals surface area (Å²) >= 11 is 4.47. The van der Waals surface area contributed by atoms with Gasteiger partial charge in [-0.05, 0) is 34.8 Å². The molecule has 1 aromatic rings. The van der Waals surface area contributed by atoms with Gasteiger partial charge in [-0.15, -0.1) is 11.3 Å². The highest BCUT2D eigenvalue weighted by atomic mass is 79.9. The highest BCUT2D eigenvalue weighted by Crippen LogP contribution is 2.34. The molecule has 1 atom stereocenters. The topological polar surface area (TPSA) is 20.3 Å². The van der Waals surface area contributed by atoms with Crippen LogP contribution in [0.3, 0.4) is 0 Å². The van der Waals surface area contributed by atoms with Crippen molar-refractivity contribution in [3.05, 3.63) is 20.8 Å². The predicted octanol–water partition coefficient (Wildman–Crippen LogP) is 3.93. The van der Waals surface area contributed by atoms with E-state index < -0.39 is 12.1 Å². The van der Waals surface area contributed by atoms with Gasteiger partial charge < -0.3 is 4.90 Å². The van der Waals surface area contributed by atoms with Crippen molar-refractivity contribution in [1.29, 1.82) is 0 Å². The van der Waals surface area contributed by atoms with Gasteiger partial charge in [-0.2, -0.15) is 13.2 Å². The molecule has 0 bridgehead atoms. The number of rotatable bonds is 1. The fourth-order valence-corrected chi connectivity index (χ4v) is 3.40. The predicted molar refractivity (Wildman–Crippen MR) is 66.7 cm³/mol. The van der Waals surface area contributed by atoms with Crippen LogP contribution in [-0.2, 0) is 0 Å². The van der Waals surface area contributed by atoms with E-state index in [4.69, 9.17) is 0 Å². The van der Waals surface area contributed by atoms with Gasteiger partial charge in [-0.3, -0.25) is 4.79 Å². The summed E-state index contributed by atoms with van der Waals surface area (Å²) in [5.74, 6) is -1.70. The number of thiophene rings is 1. The van der Waals surface area contributed by atoms with E-state index in [-0.39, 0.29) is 18.9 Å². The Morgan fingerprint density at radius 2 is 2.22 bits per heavy atom. The lowest BCUT2D eigenvalue weighted by molar-refractivity contribution is -0.184. The third-order valence-corrected chi connectivity index (χ3v) is 4.63. The van der Waals surface area contributed by atoms with Gasteiger partial charge in [-0.1, -0.05) is 0 Å². The molecule has 7 heteroatoms. The van der Waals surface area contributed by atoms with Crippen LogP contribution >= 0.6 is 27.3 Å². The first-order valence-electron chi connectivity index (χ1n) is 5.48. The van der Waals surface area contributed by atoms with Crippen molar-refractivity contribution in [3.8, 4) is 0 Å². The molecule has 1 aliphatic heterocycles. The second-order valence-corrected chi connectivity index (χ2v) is 6.09. The second-order valence-electron chi connectivity index (χ2n) is 4.26. The van der Waals surface area contributed by atoms with Crippen molar-refractivity contribution in [1.82, 2.24) is 4.90 Å². The molecule has 0 aromatic carbocycles. The molecule has 0 spiro atoms. The number of alkyl halides is 3. The molecular formula is C11H11BrF3NOS. The van der Waals surface area contributed by atoms with Gasteiger partial charge in [0.2, 0.25) is 0 Å². The number of likely N-dealkylation sites (tertiary alicyclic amines) is 1. The summed E-state index contributed by atoms with van der Waals surface area (Å²) in [6.07, 6.45) is -3.70. The molecule has 0 saturated carbocycles. The fourth-order valence-electron chi connectivity index (χ4n) is 2.01. The van der Waals surface area contributed by atoms with Gasteiger partial charge >= 0.3 is 6.18 Å². The number of amides is 1. The molecule has 1 unspecified atom stereocenters. The summed E-state index contributed by atoms with van der Waals surface area (Å²) in [6, 6.07) is 1.64. The number of hydrogen-bond acceptors (Lipinski definition) is 2. The zero-order chi connectivity index (χ0) is 13.3. The zero-order valence-electron chi connectivity index (χ0n) is 9.34. The highest BCUT2D eigenvalue weighted by molar-refractivity contribution is 9.10. The Morgan fingerprint density at radius 1 is 1.50 bits per heavy atom. The Morgan fingerprint density at radius 3 is 2.78 bits per heavy atom. The SMILES string of the molecule is O=C(c1cc(Br)cs1)N1CCCC(C(F)(F)F)C1. The van der Waals surface area contributed by atoms with Crippen LogP contribution in [0.4, 0.5) is 13.2 Å². The molecule has 1 fully saturated rings. The molecule has 0 radical (unpaired) electrons. The van der Waals surface area contributed by atoms with E-state index in [0.717, 1.165) is 4.47 Å². The van der Waals surface area contributed by atoms with Crippen molar-refractivity contribution in [2.75, 3.05) is 13.1 Å². The van der Waals surface area contributed by atoms with E-state index in [0.29, 0.717) is 17.8 Å². The first-order chi connectivity index (χ1) is 8.38. The Hall–Kier alpha value is -0.560. The molecule has 2 rings (SSSR count). The summed E-state index contributed by atoms with van der Waals surface area (Å²) in [6.45, 7) is 0.179. The van der Waals surface area contributed by atoms with Gasteiger partial charge in [0.05, 0.1) is 10.8 Å². The first-order valence-corrected chi connectivity index (χ1v) is 7.15. The molecule has 100 valence electrons. The Labute approximate surface area is 115 Å². The average molecular weight is 342 g/mol. The molecule has 0 aliphatic carbocycles. The Balaban J connectivity index is 2.07. The van der Waals surface area contributed by atoms with E-state index in [1.165, 1.54) is 16.2 Å². The summed E-state index contributed by atoms with van der Waals surface area (Å²) < 4.78 is 38.7. The van der Waals surface area contributed by atoms with Crippen molar-refractivity contribution in [2.24, 2.45) is 5.92 Å².